The summed E-state index contributed by atoms with van der Waals surface area (Å²) in [5.74, 6) is 0.926. The molecule has 1 saturated heterocycles. The molecule has 0 spiro atoms. The van der Waals surface area contributed by atoms with E-state index in [0.717, 1.165) is 18.0 Å². The molecule has 3 nitrogen and oxygen atoms in total. The Labute approximate surface area is 110 Å². The van der Waals surface area contributed by atoms with Gasteiger partial charge in [-0.15, -0.1) is 0 Å². The van der Waals surface area contributed by atoms with Crippen LogP contribution in [0.2, 0.25) is 0 Å². The second-order valence-corrected chi connectivity index (χ2v) is 4.88. The summed E-state index contributed by atoms with van der Waals surface area (Å²) in [6.45, 7) is 4.79. The van der Waals surface area contributed by atoms with E-state index in [2.05, 4.69) is 16.3 Å². The van der Waals surface area contributed by atoms with Crippen LogP contribution >= 0.6 is 0 Å². The van der Waals surface area contributed by atoms with E-state index >= 15 is 0 Å². The molecule has 3 heteroatoms. The summed E-state index contributed by atoms with van der Waals surface area (Å²) >= 11 is 0. The Kier molecular flexibility index (Phi) is 5.34. The average Bonchev–Trinajstić information content (AvgIpc) is 2.45. The lowest BCUT2D eigenvalue weighted by Crippen LogP contribution is -2.31. The minimum absolute atomic E-state index is 0.926. The molecule has 1 aromatic carbocycles. The van der Waals surface area contributed by atoms with E-state index in [1.807, 2.05) is 18.2 Å². The maximum atomic E-state index is 5.32. The van der Waals surface area contributed by atoms with Crippen molar-refractivity contribution in [3.05, 3.63) is 24.3 Å². The first-order chi connectivity index (χ1) is 8.90. The van der Waals surface area contributed by atoms with Gasteiger partial charge in [0, 0.05) is 6.54 Å². The highest BCUT2D eigenvalue weighted by Gasteiger charge is 2.09. The van der Waals surface area contributed by atoms with Crippen molar-refractivity contribution in [3.63, 3.8) is 0 Å². The van der Waals surface area contributed by atoms with Gasteiger partial charge < -0.3 is 15.0 Å². The van der Waals surface area contributed by atoms with Crippen LogP contribution in [0.3, 0.4) is 0 Å². The van der Waals surface area contributed by atoms with Crippen molar-refractivity contribution >= 4 is 5.69 Å². The molecule has 0 radical (unpaired) electrons. The molecule has 1 aliphatic rings. The van der Waals surface area contributed by atoms with E-state index in [9.17, 15) is 0 Å². The van der Waals surface area contributed by atoms with Gasteiger partial charge in [-0.2, -0.15) is 0 Å². The predicted octanol–water partition coefficient (Wildman–Crippen LogP) is 2.98. The summed E-state index contributed by atoms with van der Waals surface area (Å²) in [7, 11) is 1.72. The van der Waals surface area contributed by atoms with Crippen molar-refractivity contribution < 1.29 is 4.74 Å². The molecule has 1 aliphatic heterocycles. The van der Waals surface area contributed by atoms with Crippen LogP contribution in [-0.4, -0.2) is 38.2 Å². The molecular weight excluding hydrogens is 224 g/mol. The van der Waals surface area contributed by atoms with Crippen molar-refractivity contribution in [1.82, 2.24) is 4.90 Å². The fraction of sp³-hybridized carbons (Fsp3) is 0.600. The maximum Gasteiger partial charge on any atom is 0.141 e. The average molecular weight is 248 g/mol. The molecule has 0 amide bonds. The summed E-state index contributed by atoms with van der Waals surface area (Å²) in [5.41, 5.74) is 1.10. The molecule has 18 heavy (non-hydrogen) atoms. The van der Waals surface area contributed by atoms with Gasteiger partial charge in [-0.25, -0.2) is 0 Å². The molecule has 0 saturated carbocycles. The number of nitrogens with one attached hydrogen (secondary N) is 1. The number of anilines is 1. The Morgan fingerprint density at radius 2 is 1.94 bits per heavy atom. The Hall–Kier alpha value is -1.22. The normalized spacial score (nSPS) is 16.5. The molecule has 2 rings (SSSR count). The topological polar surface area (TPSA) is 24.5 Å². The van der Waals surface area contributed by atoms with Crippen molar-refractivity contribution in [2.45, 2.75) is 25.7 Å². The molecular formula is C15H24N2O. The van der Waals surface area contributed by atoms with Gasteiger partial charge in [-0.3, -0.25) is 0 Å². The zero-order valence-corrected chi connectivity index (χ0v) is 11.3. The molecule has 1 fully saturated rings. The van der Waals surface area contributed by atoms with Crippen molar-refractivity contribution in [2.75, 3.05) is 38.6 Å². The lowest BCUT2D eigenvalue weighted by Gasteiger charge is -2.26. The van der Waals surface area contributed by atoms with Gasteiger partial charge >= 0.3 is 0 Å². The zero-order valence-electron chi connectivity index (χ0n) is 11.3. The lowest BCUT2D eigenvalue weighted by atomic mass is 10.1. The first kappa shape index (κ1) is 13.2. The van der Waals surface area contributed by atoms with E-state index in [4.69, 9.17) is 4.74 Å². The maximum absolute atomic E-state index is 5.32. The first-order valence-electron chi connectivity index (χ1n) is 6.99. The number of rotatable bonds is 6. The van der Waals surface area contributed by atoms with Gasteiger partial charge in [0.25, 0.3) is 0 Å². The monoisotopic (exact) mass is 248 g/mol. The molecule has 0 atom stereocenters. The number of ether oxygens (including phenoxy) is 1. The van der Waals surface area contributed by atoms with E-state index in [-0.39, 0.29) is 0 Å². The summed E-state index contributed by atoms with van der Waals surface area (Å²) < 4.78 is 5.32. The molecule has 0 aromatic heterocycles. The summed E-state index contributed by atoms with van der Waals surface area (Å²) in [6, 6.07) is 8.10. The van der Waals surface area contributed by atoms with Crippen LogP contribution in [0, 0.1) is 0 Å². The van der Waals surface area contributed by atoms with E-state index in [1.165, 1.54) is 45.3 Å². The predicted molar refractivity (Wildman–Crippen MR) is 76.4 cm³/mol. The number of nitrogens with zero attached hydrogens (tertiary/aromatic N) is 1. The first-order valence-corrected chi connectivity index (χ1v) is 6.99. The number of hydrogen-bond acceptors (Lipinski definition) is 3. The van der Waals surface area contributed by atoms with E-state index in [1.54, 1.807) is 7.11 Å². The van der Waals surface area contributed by atoms with Crippen molar-refractivity contribution in [3.8, 4) is 5.75 Å². The third-order valence-corrected chi connectivity index (χ3v) is 3.52. The molecule has 0 aliphatic carbocycles. The molecule has 0 unspecified atom stereocenters. The number of para-hydroxylation sites is 2. The zero-order chi connectivity index (χ0) is 12.6. The van der Waals surface area contributed by atoms with Crippen LogP contribution in [-0.2, 0) is 0 Å². The quantitative estimate of drug-likeness (QED) is 0.783. The van der Waals surface area contributed by atoms with Gasteiger partial charge in [-0.05, 0) is 51.0 Å². The summed E-state index contributed by atoms with van der Waals surface area (Å²) in [6.07, 6.45) is 5.36. The molecule has 0 bridgehead atoms. The Morgan fingerprint density at radius 1 is 1.17 bits per heavy atom. The second-order valence-electron chi connectivity index (χ2n) is 4.88. The van der Waals surface area contributed by atoms with Crippen molar-refractivity contribution in [2.24, 2.45) is 0 Å². The minimum Gasteiger partial charge on any atom is -0.495 e. The Morgan fingerprint density at radius 3 is 2.72 bits per heavy atom. The van der Waals surface area contributed by atoms with Crippen LogP contribution in [0.5, 0.6) is 5.75 Å². The number of methoxy groups -OCH3 is 1. The standard InChI is InChI=1S/C15H24N2O/c1-18-15-9-4-3-8-14(15)16-10-7-13-17-11-5-2-6-12-17/h3-4,8-9,16H,2,5-7,10-13H2,1H3. The van der Waals surface area contributed by atoms with Crippen LogP contribution in [0.25, 0.3) is 0 Å². The minimum atomic E-state index is 0.926. The molecule has 100 valence electrons. The molecule has 1 N–H and O–H groups in total. The SMILES string of the molecule is COc1ccccc1NCCCN1CCCCC1. The van der Waals surface area contributed by atoms with E-state index in [0.29, 0.717) is 0 Å². The Balaban J connectivity index is 1.68. The molecule has 1 aromatic rings. The summed E-state index contributed by atoms with van der Waals surface area (Å²) in [5, 5.41) is 3.45. The van der Waals surface area contributed by atoms with Crippen LogP contribution in [0.15, 0.2) is 24.3 Å². The fourth-order valence-electron chi connectivity index (χ4n) is 2.50. The highest BCUT2D eigenvalue weighted by molar-refractivity contribution is 5.55. The van der Waals surface area contributed by atoms with Gasteiger partial charge in [0.2, 0.25) is 0 Å². The highest BCUT2D eigenvalue weighted by Crippen LogP contribution is 2.22. The third kappa shape index (κ3) is 3.91. The van der Waals surface area contributed by atoms with Gasteiger partial charge in [-0.1, -0.05) is 18.6 Å². The smallest absolute Gasteiger partial charge is 0.141 e. The van der Waals surface area contributed by atoms with Crippen molar-refractivity contribution in [1.29, 1.82) is 0 Å². The van der Waals surface area contributed by atoms with Gasteiger partial charge in [0.15, 0.2) is 0 Å². The lowest BCUT2D eigenvalue weighted by molar-refractivity contribution is 0.228. The highest BCUT2D eigenvalue weighted by atomic mass is 16.5. The van der Waals surface area contributed by atoms with Crippen LogP contribution in [0.4, 0.5) is 5.69 Å². The summed E-state index contributed by atoms with van der Waals surface area (Å²) in [4.78, 5) is 2.58. The van der Waals surface area contributed by atoms with Crippen LogP contribution in [0.1, 0.15) is 25.7 Å². The molecule has 1 heterocycles. The number of piperidine rings is 1. The number of hydrogen-bond donors (Lipinski definition) is 1. The fourth-order valence-corrected chi connectivity index (χ4v) is 2.50. The van der Waals surface area contributed by atoms with Gasteiger partial charge in [0.05, 0.1) is 12.8 Å². The number of benzene rings is 1. The van der Waals surface area contributed by atoms with Crippen LogP contribution < -0.4 is 10.1 Å². The second kappa shape index (κ2) is 7.27. The van der Waals surface area contributed by atoms with E-state index < -0.39 is 0 Å². The largest absolute Gasteiger partial charge is 0.495 e. The third-order valence-electron chi connectivity index (χ3n) is 3.52. The van der Waals surface area contributed by atoms with Gasteiger partial charge in [0.1, 0.15) is 5.75 Å². The Bertz CT molecular complexity index is 348. The number of likely N-dealkylation sites (tertiary alicyclic amines) is 1.